The summed E-state index contributed by atoms with van der Waals surface area (Å²) in [6.07, 6.45) is 5.25. The van der Waals surface area contributed by atoms with Gasteiger partial charge >= 0.3 is 0 Å². The Morgan fingerprint density at radius 2 is 0.846 bits per heavy atom. The molecule has 0 aromatic heterocycles. The van der Waals surface area contributed by atoms with Gasteiger partial charge < -0.3 is 16.0 Å². The van der Waals surface area contributed by atoms with Crippen LogP contribution in [0.2, 0.25) is 0 Å². The van der Waals surface area contributed by atoms with Crippen LogP contribution in [0.4, 0.5) is 0 Å². The average molecular weight is 185 g/mol. The highest BCUT2D eigenvalue weighted by Crippen LogP contribution is 1.92. The normalized spacial score (nSPS) is 24.0. The Bertz CT molecular complexity index is 58.2. The maximum atomic E-state index is 3.46. The highest BCUT2D eigenvalue weighted by atomic mass is 14.9. The van der Waals surface area contributed by atoms with Gasteiger partial charge in [-0.2, -0.15) is 0 Å². The molecule has 0 bridgehead atoms. The Morgan fingerprint density at radius 1 is 0.385 bits per heavy atom. The lowest BCUT2D eigenvalue weighted by Gasteiger charge is -2.04. The molecule has 78 valence electrons. The molecule has 1 aliphatic rings. The zero-order valence-electron chi connectivity index (χ0n) is 8.57. The SMILES string of the molecule is C1CCNCCCNCCNCC1. The summed E-state index contributed by atoms with van der Waals surface area (Å²) >= 11 is 0. The van der Waals surface area contributed by atoms with Gasteiger partial charge in [0.25, 0.3) is 0 Å². The Hall–Kier alpha value is -0.120. The van der Waals surface area contributed by atoms with Crippen molar-refractivity contribution in [2.24, 2.45) is 0 Å². The van der Waals surface area contributed by atoms with Crippen molar-refractivity contribution in [1.29, 1.82) is 0 Å². The molecule has 0 unspecified atom stereocenters. The van der Waals surface area contributed by atoms with Crippen LogP contribution in [0.5, 0.6) is 0 Å². The number of rotatable bonds is 0. The maximum absolute atomic E-state index is 3.46. The van der Waals surface area contributed by atoms with E-state index < -0.39 is 0 Å². The first-order valence-electron chi connectivity index (χ1n) is 5.62. The van der Waals surface area contributed by atoms with E-state index >= 15 is 0 Å². The minimum Gasteiger partial charge on any atom is -0.317 e. The van der Waals surface area contributed by atoms with Gasteiger partial charge in [0.15, 0.2) is 0 Å². The molecule has 3 nitrogen and oxygen atoms in total. The van der Waals surface area contributed by atoms with Crippen molar-refractivity contribution < 1.29 is 0 Å². The van der Waals surface area contributed by atoms with E-state index in [1.54, 1.807) is 0 Å². The zero-order valence-corrected chi connectivity index (χ0v) is 8.57. The molecule has 3 N–H and O–H groups in total. The number of hydrogen-bond donors (Lipinski definition) is 3. The number of hydrogen-bond acceptors (Lipinski definition) is 3. The molecule has 0 aromatic carbocycles. The van der Waals surface area contributed by atoms with Gasteiger partial charge in [-0.1, -0.05) is 6.42 Å². The molecule has 0 amide bonds. The van der Waals surface area contributed by atoms with Gasteiger partial charge in [0.2, 0.25) is 0 Å². The van der Waals surface area contributed by atoms with E-state index in [9.17, 15) is 0 Å². The fourth-order valence-electron chi connectivity index (χ4n) is 1.57. The zero-order chi connectivity index (χ0) is 9.19. The molecule has 0 aromatic rings. The van der Waals surface area contributed by atoms with Gasteiger partial charge in [0, 0.05) is 13.1 Å². The highest BCUT2D eigenvalue weighted by molar-refractivity contribution is 4.57. The summed E-state index contributed by atoms with van der Waals surface area (Å²) < 4.78 is 0. The van der Waals surface area contributed by atoms with Crippen molar-refractivity contribution >= 4 is 0 Å². The van der Waals surface area contributed by atoms with Gasteiger partial charge in [-0.3, -0.25) is 0 Å². The summed E-state index contributed by atoms with van der Waals surface area (Å²) in [6, 6.07) is 0. The van der Waals surface area contributed by atoms with Crippen LogP contribution in [-0.2, 0) is 0 Å². The predicted octanol–water partition coefficient (Wildman–Crippen LogP) is 0.329. The van der Waals surface area contributed by atoms with Crippen molar-refractivity contribution in [1.82, 2.24) is 16.0 Å². The largest absolute Gasteiger partial charge is 0.317 e. The molecule has 13 heavy (non-hydrogen) atoms. The van der Waals surface area contributed by atoms with E-state index in [0.717, 1.165) is 19.6 Å². The van der Waals surface area contributed by atoms with Crippen LogP contribution in [0, 0.1) is 0 Å². The molecule has 3 heteroatoms. The first-order chi connectivity index (χ1) is 6.50. The van der Waals surface area contributed by atoms with Crippen LogP contribution in [0.25, 0.3) is 0 Å². The second-order valence-corrected chi connectivity index (χ2v) is 3.66. The first-order valence-corrected chi connectivity index (χ1v) is 5.62. The van der Waals surface area contributed by atoms with Crippen molar-refractivity contribution in [3.05, 3.63) is 0 Å². The summed E-state index contributed by atoms with van der Waals surface area (Å²) in [5, 5.41) is 10.3. The van der Waals surface area contributed by atoms with Crippen LogP contribution in [0.15, 0.2) is 0 Å². The Labute approximate surface area is 81.7 Å². The third-order valence-corrected chi connectivity index (χ3v) is 2.39. The van der Waals surface area contributed by atoms with E-state index in [1.807, 2.05) is 0 Å². The summed E-state index contributed by atoms with van der Waals surface area (Å²) in [5.41, 5.74) is 0. The van der Waals surface area contributed by atoms with Gasteiger partial charge in [0.05, 0.1) is 0 Å². The second-order valence-electron chi connectivity index (χ2n) is 3.66. The summed E-state index contributed by atoms with van der Waals surface area (Å²) in [4.78, 5) is 0. The van der Waals surface area contributed by atoms with Crippen LogP contribution in [0.1, 0.15) is 25.7 Å². The van der Waals surface area contributed by atoms with Crippen molar-refractivity contribution in [3.63, 3.8) is 0 Å². The van der Waals surface area contributed by atoms with E-state index in [1.165, 1.54) is 45.3 Å². The molecule has 0 radical (unpaired) electrons. The van der Waals surface area contributed by atoms with E-state index in [-0.39, 0.29) is 0 Å². The average Bonchev–Trinajstić information content (AvgIpc) is 2.18. The molecule has 0 saturated carbocycles. The fourth-order valence-corrected chi connectivity index (χ4v) is 1.57. The Balaban J connectivity index is 2.01. The second kappa shape index (κ2) is 8.48. The Morgan fingerprint density at radius 3 is 1.46 bits per heavy atom. The molecule has 1 fully saturated rings. The van der Waals surface area contributed by atoms with Gasteiger partial charge in [-0.05, 0) is 45.4 Å². The quantitative estimate of drug-likeness (QED) is 0.509. The standard InChI is InChI=1S/C10H23N3/c1-2-5-11-7-4-8-13-10-9-12-6-3-1/h11-13H,1-10H2. The minimum atomic E-state index is 1.11. The molecule has 1 heterocycles. The smallest absolute Gasteiger partial charge is 0.00767 e. The van der Waals surface area contributed by atoms with Gasteiger partial charge in [0.1, 0.15) is 0 Å². The summed E-state index contributed by atoms with van der Waals surface area (Å²) in [5.74, 6) is 0. The van der Waals surface area contributed by atoms with Crippen LogP contribution < -0.4 is 16.0 Å². The van der Waals surface area contributed by atoms with Crippen molar-refractivity contribution in [2.75, 3.05) is 39.3 Å². The van der Waals surface area contributed by atoms with Crippen molar-refractivity contribution in [3.8, 4) is 0 Å². The third-order valence-electron chi connectivity index (χ3n) is 2.39. The first kappa shape index (κ1) is 11.0. The lowest BCUT2D eigenvalue weighted by Crippen LogP contribution is -2.29. The van der Waals surface area contributed by atoms with Crippen LogP contribution in [0.3, 0.4) is 0 Å². The van der Waals surface area contributed by atoms with Crippen LogP contribution in [-0.4, -0.2) is 39.3 Å². The lowest BCUT2D eigenvalue weighted by atomic mass is 10.2. The molecule has 0 atom stereocenters. The number of nitrogens with one attached hydrogen (secondary N) is 3. The maximum Gasteiger partial charge on any atom is 0.00767 e. The van der Waals surface area contributed by atoms with Gasteiger partial charge in [-0.25, -0.2) is 0 Å². The fraction of sp³-hybridized carbons (Fsp3) is 1.00. The lowest BCUT2D eigenvalue weighted by molar-refractivity contribution is 0.581. The summed E-state index contributed by atoms with van der Waals surface area (Å²) in [7, 11) is 0. The van der Waals surface area contributed by atoms with E-state index in [4.69, 9.17) is 0 Å². The molecule has 1 aliphatic heterocycles. The Kier molecular flexibility index (Phi) is 7.15. The van der Waals surface area contributed by atoms with Crippen molar-refractivity contribution in [2.45, 2.75) is 25.7 Å². The predicted molar refractivity (Wildman–Crippen MR) is 57.1 cm³/mol. The van der Waals surface area contributed by atoms with E-state index in [2.05, 4.69) is 16.0 Å². The molecular weight excluding hydrogens is 162 g/mol. The van der Waals surface area contributed by atoms with Gasteiger partial charge in [-0.15, -0.1) is 0 Å². The molecule has 1 saturated heterocycles. The van der Waals surface area contributed by atoms with E-state index in [0.29, 0.717) is 0 Å². The minimum absolute atomic E-state index is 1.11. The highest BCUT2D eigenvalue weighted by Gasteiger charge is 1.93. The monoisotopic (exact) mass is 185 g/mol. The topological polar surface area (TPSA) is 36.1 Å². The molecule has 0 spiro atoms. The third kappa shape index (κ3) is 6.99. The van der Waals surface area contributed by atoms with Crippen LogP contribution >= 0.6 is 0 Å². The molecule has 1 rings (SSSR count). The molecular formula is C10H23N3. The summed E-state index contributed by atoms with van der Waals surface area (Å²) in [6.45, 7) is 6.92. The molecule has 0 aliphatic carbocycles.